The molecule has 7 nitrogen and oxygen atoms in total. The fourth-order valence-electron chi connectivity index (χ4n) is 3.52. The van der Waals surface area contributed by atoms with E-state index >= 15 is 0 Å². The van der Waals surface area contributed by atoms with Gasteiger partial charge < -0.3 is 14.4 Å². The van der Waals surface area contributed by atoms with E-state index in [0.717, 1.165) is 17.0 Å². The highest BCUT2D eigenvalue weighted by Crippen LogP contribution is 2.33. The third kappa shape index (κ3) is 3.35. The summed E-state index contributed by atoms with van der Waals surface area (Å²) in [4.78, 5) is 26.8. The van der Waals surface area contributed by atoms with Gasteiger partial charge in [0.1, 0.15) is 11.9 Å². The summed E-state index contributed by atoms with van der Waals surface area (Å²) in [5.74, 6) is 0.0568. The fourth-order valence-corrected chi connectivity index (χ4v) is 3.64. The van der Waals surface area contributed by atoms with E-state index in [2.05, 4.69) is 20.1 Å². The van der Waals surface area contributed by atoms with Crippen molar-refractivity contribution in [1.82, 2.24) is 25.0 Å². The van der Waals surface area contributed by atoms with Gasteiger partial charge in [0.05, 0.1) is 24.3 Å². The molecular formula is C21H15ClFN5O2. The van der Waals surface area contributed by atoms with Gasteiger partial charge in [-0.25, -0.2) is 9.37 Å². The number of carbonyl (C=O) groups excluding carboxylic acids is 1. The lowest BCUT2D eigenvalue weighted by Crippen LogP contribution is -2.39. The lowest BCUT2D eigenvalue weighted by Gasteiger charge is -2.32. The number of imidazole rings is 1. The molecule has 0 bridgehead atoms. The van der Waals surface area contributed by atoms with Crippen LogP contribution in [0.15, 0.2) is 59.4 Å². The first-order valence-corrected chi connectivity index (χ1v) is 9.63. The van der Waals surface area contributed by atoms with E-state index in [4.69, 9.17) is 16.1 Å². The van der Waals surface area contributed by atoms with Crippen molar-refractivity contribution in [2.24, 2.45) is 0 Å². The summed E-state index contributed by atoms with van der Waals surface area (Å²) < 4.78 is 18.8. The van der Waals surface area contributed by atoms with E-state index in [0.29, 0.717) is 35.3 Å². The highest BCUT2D eigenvalue weighted by Gasteiger charge is 2.36. The van der Waals surface area contributed by atoms with Crippen LogP contribution in [0, 0.1) is 5.82 Å². The first-order valence-electron chi connectivity index (χ1n) is 9.25. The van der Waals surface area contributed by atoms with Gasteiger partial charge in [0.2, 0.25) is 11.7 Å². The van der Waals surface area contributed by atoms with Gasteiger partial charge in [-0.05, 0) is 48.5 Å². The Morgan fingerprint density at radius 1 is 1.17 bits per heavy atom. The Hall–Kier alpha value is -3.52. The third-order valence-electron chi connectivity index (χ3n) is 5.08. The van der Waals surface area contributed by atoms with Crippen molar-refractivity contribution in [2.45, 2.75) is 19.0 Å². The normalized spacial score (nSPS) is 15.8. The zero-order valence-electron chi connectivity index (χ0n) is 15.5. The summed E-state index contributed by atoms with van der Waals surface area (Å²) in [5.41, 5.74) is 2.82. The number of aromatic amines is 1. The number of H-pyrrole nitrogens is 1. The molecule has 4 aromatic rings. The van der Waals surface area contributed by atoms with Gasteiger partial charge in [-0.1, -0.05) is 16.8 Å². The standard InChI is InChI=1S/C21H15ClFN5O2/c22-14-5-1-12(2-6-14)19-26-20(30-27-19)18-9-16-17(25-11-24-16)10-28(18)21(29)13-3-7-15(23)8-4-13/h1-8,11,18H,9-10H2,(H,24,25). The SMILES string of the molecule is O=C(c1ccc(F)cc1)N1Cc2[nH]cnc2CC1c1nc(-c2ccc(Cl)cc2)no1. The lowest BCUT2D eigenvalue weighted by atomic mass is 10.0. The van der Waals surface area contributed by atoms with E-state index in [1.807, 2.05) is 0 Å². The molecular weight excluding hydrogens is 409 g/mol. The van der Waals surface area contributed by atoms with Crippen LogP contribution in [-0.4, -0.2) is 30.9 Å². The maximum atomic E-state index is 13.3. The summed E-state index contributed by atoms with van der Waals surface area (Å²) in [6.07, 6.45) is 2.02. The van der Waals surface area contributed by atoms with E-state index < -0.39 is 11.9 Å². The molecule has 0 fully saturated rings. The molecule has 5 rings (SSSR count). The van der Waals surface area contributed by atoms with Gasteiger partial charge in [-0.3, -0.25) is 4.79 Å². The van der Waals surface area contributed by atoms with E-state index in [-0.39, 0.29) is 5.91 Å². The van der Waals surface area contributed by atoms with Crippen LogP contribution in [-0.2, 0) is 13.0 Å². The number of nitrogens with zero attached hydrogens (tertiary/aromatic N) is 4. The van der Waals surface area contributed by atoms with Crippen molar-refractivity contribution >= 4 is 17.5 Å². The van der Waals surface area contributed by atoms with Crippen molar-refractivity contribution in [3.05, 3.63) is 88.5 Å². The molecule has 0 aliphatic carbocycles. The van der Waals surface area contributed by atoms with Crippen LogP contribution < -0.4 is 0 Å². The summed E-state index contributed by atoms with van der Waals surface area (Å²) >= 11 is 5.94. The quantitative estimate of drug-likeness (QED) is 0.533. The summed E-state index contributed by atoms with van der Waals surface area (Å²) in [6, 6.07) is 12.0. The number of aromatic nitrogens is 4. The molecule has 0 radical (unpaired) electrons. The Morgan fingerprint density at radius 3 is 2.70 bits per heavy atom. The Kier molecular flexibility index (Phi) is 4.55. The largest absolute Gasteiger partial charge is 0.347 e. The Bertz CT molecular complexity index is 1200. The molecule has 150 valence electrons. The maximum Gasteiger partial charge on any atom is 0.254 e. The number of hydrogen-bond donors (Lipinski definition) is 1. The zero-order valence-corrected chi connectivity index (χ0v) is 16.3. The minimum absolute atomic E-state index is 0.258. The number of benzene rings is 2. The molecule has 1 unspecified atom stereocenters. The van der Waals surface area contributed by atoms with Crippen molar-refractivity contribution in [3.63, 3.8) is 0 Å². The van der Waals surface area contributed by atoms with Gasteiger partial charge in [-0.2, -0.15) is 4.98 Å². The van der Waals surface area contributed by atoms with E-state index in [9.17, 15) is 9.18 Å². The average molecular weight is 424 g/mol. The van der Waals surface area contributed by atoms with Crippen LogP contribution in [0.25, 0.3) is 11.4 Å². The number of fused-ring (bicyclic) bond motifs is 1. The summed E-state index contributed by atoms with van der Waals surface area (Å²) in [6.45, 7) is 0.300. The smallest absolute Gasteiger partial charge is 0.254 e. The Morgan fingerprint density at radius 2 is 1.93 bits per heavy atom. The van der Waals surface area contributed by atoms with E-state index in [1.54, 1.807) is 35.5 Å². The number of halogens is 2. The molecule has 0 saturated carbocycles. The number of hydrogen-bond acceptors (Lipinski definition) is 5. The average Bonchev–Trinajstić information content (AvgIpc) is 3.42. The molecule has 0 spiro atoms. The highest BCUT2D eigenvalue weighted by molar-refractivity contribution is 6.30. The van der Waals surface area contributed by atoms with Crippen LogP contribution in [0.4, 0.5) is 4.39 Å². The molecule has 2 aromatic carbocycles. The van der Waals surface area contributed by atoms with Crippen LogP contribution in [0.5, 0.6) is 0 Å². The van der Waals surface area contributed by atoms with Crippen molar-refractivity contribution < 1.29 is 13.7 Å². The molecule has 3 heterocycles. The highest BCUT2D eigenvalue weighted by atomic mass is 35.5. The van der Waals surface area contributed by atoms with Gasteiger partial charge in [0.15, 0.2) is 0 Å². The Labute approximate surface area is 175 Å². The molecule has 2 aromatic heterocycles. The van der Waals surface area contributed by atoms with Crippen molar-refractivity contribution in [2.75, 3.05) is 0 Å². The Balaban J connectivity index is 1.50. The maximum absolute atomic E-state index is 13.3. The van der Waals surface area contributed by atoms with Gasteiger partial charge in [-0.15, -0.1) is 0 Å². The first kappa shape index (κ1) is 18.5. The van der Waals surface area contributed by atoms with Crippen LogP contribution in [0.1, 0.15) is 33.7 Å². The van der Waals surface area contributed by atoms with Gasteiger partial charge in [0, 0.05) is 22.6 Å². The molecule has 1 amide bonds. The molecule has 1 aliphatic heterocycles. The molecule has 1 aliphatic rings. The minimum Gasteiger partial charge on any atom is -0.347 e. The second-order valence-corrected chi connectivity index (χ2v) is 7.39. The predicted octanol–water partition coefficient (Wildman–Crippen LogP) is 4.19. The number of amides is 1. The van der Waals surface area contributed by atoms with Gasteiger partial charge >= 0.3 is 0 Å². The number of rotatable bonds is 3. The van der Waals surface area contributed by atoms with Crippen LogP contribution in [0.3, 0.4) is 0 Å². The van der Waals surface area contributed by atoms with Crippen LogP contribution in [0.2, 0.25) is 5.02 Å². The molecule has 1 atom stereocenters. The second kappa shape index (κ2) is 7.38. The molecule has 1 N–H and O–H groups in total. The van der Waals surface area contributed by atoms with Crippen molar-refractivity contribution in [1.29, 1.82) is 0 Å². The first-order chi connectivity index (χ1) is 14.6. The number of nitrogens with one attached hydrogen (secondary N) is 1. The molecule has 9 heteroatoms. The molecule has 0 saturated heterocycles. The van der Waals surface area contributed by atoms with E-state index in [1.165, 1.54) is 24.3 Å². The van der Waals surface area contributed by atoms with Crippen LogP contribution >= 0.6 is 11.6 Å². The summed E-state index contributed by atoms with van der Waals surface area (Å²) in [7, 11) is 0. The second-order valence-electron chi connectivity index (χ2n) is 6.95. The van der Waals surface area contributed by atoms with Crippen molar-refractivity contribution in [3.8, 4) is 11.4 Å². The minimum atomic E-state index is -0.494. The zero-order chi connectivity index (χ0) is 20.7. The van der Waals surface area contributed by atoms with Gasteiger partial charge in [0.25, 0.3) is 5.91 Å². The molecule has 30 heavy (non-hydrogen) atoms. The lowest BCUT2D eigenvalue weighted by molar-refractivity contribution is 0.0589. The topological polar surface area (TPSA) is 87.9 Å². The monoisotopic (exact) mass is 423 g/mol. The fraction of sp³-hybridized carbons (Fsp3) is 0.143. The number of carbonyl (C=O) groups is 1. The third-order valence-corrected chi connectivity index (χ3v) is 5.33. The summed E-state index contributed by atoms with van der Waals surface area (Å²) in [5, 5.41) is 4.68. The predicted molar refractivity (Wildman–Crippen MR) is 106 cm³/mol.